The van der Waals surface area contributed by atoms with Gasteiger partial charge in [0.15, 0.2) is 0 Å². The molecule has 2 heteroatoms. The van der Waals surface area contributed by atoms with Crippen molar-refractivity contribution < 1.29 is 0 Å². The first-order chi connectivity index (χ1) is 11.3. The highest BCUT2D eigenvalue weighted by Crippen LogP contribution is 2.47. The van der Waals surface area contributed by atoms with Crippen LogP contribution in [0.25, 0.3) is 0 Å². The maximum Gasteiger partial charge on any atom is 0.0552 e. The third kappa shape index (κ3) is 5.95. The van der Waals surface area contributed by atoms with E-state index in [4.69, 9.17) is 0 Å². The van der Waals surface area contributed by atoms with E-state index in [0.29, 0.717) is 0 Å². The minimum absolute atomic E-state index is 1.01. The summed E-state index contributed by atoms with van der Waals surface area (Å²) in [5.41, 5.74) is 2.66. The van der Waals surface area contributed by atoms with Gasteiger partial charge in [-0.1, -0.05) is 84.0 Å². The van der Waals surface area contributed by atoms with E-state index in [1.54, 1.807) is 0 Å². The fourth-order valence-corrected chi connectivity index (χ4v) is 3.22. The molecule has 0 saturated carbocycles. The zero-order chi connectivity index (χ0) is 17.7. The van der Waals surface area contributed by atoms with Gasteiger partial charge in [0, 0.05) is 16.3 Å². The monoisotopic (exact) mass is 331 g/mol. The quantitative estimate of drug-likeness (QED) is 0.525. The summed E-state index contributed by atoms with van der Waals surface area (Å²) in [6.07, 6.45) is 1.25. The number of fused-ring (bicyclic) bond motifs is 2. The van der Waals surface area contributed by atoms with Gasteiger partial charge in [0.05, 0.1) is 11.4 Å². The maximum absolute atomic E-state index is 2.38. The number of rotatable bonds is 1. The van der Waals surface area contributed by atoms with Gasteiger partial charge >= 0.3 is 0 Å². The lowest BCUT2D eigenvalue weighted by Crippen LogP contribution is -2.19. The van der Waals surface area contributed by atoms with Crippen LogP contribution in [0.4, 0.5) is 11.4 Å². The summed E-state index contributed by atoms with van der Waals surface area (Å²) in [5, 5.41) is 0. The second-order valence-corrected chi connectivity index (χ2v) is 5.57. The van der Waals surface area contributed by atoms with Crippen LogP contribution in [-0.4, -0.2) is 6.54 Å². The van der Waals surface area contributed by atoms with Crippen LogP contribution in [0.1, 0.15) is 54.9 Å². The van der Waals surface area contributed by atoms with Crippen LogP contribution in [-0.2, 0) is 0 Å². The standard InChI is InChI=1S/C14H13NS.C3H8.2C2H6/c1-2-15-11-7-3-5-9-13(11)16-14-10-6-4-8-12(14)15;1-3-2;2*1-2/h3-10H,2H2,1H3;3H2,1-2H3;2*1-2H3. The van der Waals surface area contributed by atoms with E-state index in [-0.39, 0.29) is 0 Å². The molecule has 23 heavy (non-hydrogen) atoms. The first kappa shape index (κ1) is 21.6. The molecule has 3 rings (SSSR count). The Bertz CT molecular complexity index is 491. The summed E-state index contributed by atoms with van der Waals surface area (Å²) < 4.78 is 0. The lowest BCUT2D eigenvalue weighted by atomic mass is 10.2. The van der Waals surface area contributed by atoms with E-state index < -0.39 is 0 Å². The Labute approximate surface area is 148 Å². The van der Waals surface area contributed by atoms with Gasteiger partial charge in [-0.25, -0.2) is 0 Å². The highest BCUT2D eigenvalue weighted by molar-refractivity contribution is 7.99. The van der Waals surface area contributed by atoms with E-state index in [2.05, 4.69) is 74.2 Å². The van der Waals surface area contributed by atoms with Crippen molar-refractivity contribution in [3.63, 3.8) is 0 Å². The molecule has 0 bridgehead atoms. The number of nitrogens with zero attached hydrogens (tertiary/aromatic N) is 1. The Morgan fingerprint density at radius 1 is 0.696 bits per heavy atom. The molecular weight excluding hydrogens is 298 g/mol. The number of hydrogen-bond acceptors (Lipinski definition) is 2. The third-order valence-electron chi connectivity index (χ3n) is 2.85. The van der Waals surface area contributed by atoms with Crippen LogP contribution in [0, 0.1) is 0 Å². The fraction of sp³-hybridized carbons (Fsp3) is 0.429. The minimum atomic E-state index is 1.01. The molecule has 1 nitrogen and oxygen atoms in total. The van der Waals surface area contributed by atoms with Gasteiger partial charge in [0.25, 0.3) is 0 Å². The molecule has 1 aliphatic rings. The SMILES string of the molecule is CC.CC.CCC.CCN1c2ccccc2Sc2ccccc21. The first-order valence-electron chi connectivity index (χ1n) is 8.95. The summed E-state index contributed by atoms with van der Waals surface area (Å²) in [7, 11) is 0. The van der Waals surface area contributed by atoms with Crippen LogP contribution in [0.2, 0.25) is 0 Å². The summed E-state index contributed by atoms with van der Waals surface area (Å²) >= 11 is 1.86. The molecule has 1 aliphatic heterocycles. The largest absolute Gasteiger partial charge is 0.340 e. The molecular formula is C21H33NS. The molecule has 0 fully saturated rings. The second kappa shape index (κ2) is 13.1. The zero-order valence-corrected chi connectivity index (χ0v) is 16.7. The zero-order valence-electron chi connectivity index (χ0n) is 15.9. The first-order valence-corrected chi connectivity index (χ1v) is 9.76. The van der Waals surface area contributed by atoms with Crippen molar-refractivity contribution in [2.75, 3.05) is 11.4 Å². The Balaban J connectivity index is 0.000000609. The van der Waals surface area contributed by atoms with Crippen LogP contribution in [0.3, 0.4) is 0 Å². The second-order valence-electron chi connectivity index (χ2n) is 4.49. The smallest absolute Gasteiger partial charge is 0.0552 e. The predicted octanol–water partition coefficient (Wildman–Crippen LogP) is 7.78. The van der Waals surface area contributed by atoms with E-state index in [9.17, 15) is 0 Å². The van der Waals surface area contributed by atoms with Gasteiger partial charge in [0.2, 0.25) is 0 Å². The van der Waals surface area contributed by atoms with E-state index in [0.717, 1.165) is 6.54 Å². The molecule has 0 radical (unpaired) electrons. The molecule has 0 saturated heterocycles. The summed E-state index contributed by atoms with van der Waals surface area (Å²) in [4.78, 5) is 5.08. The fourth-order valence-electron chi connectivity index (χ4n) is 2.12. The van der Waals surface area contributed by atoms with Crippen molar-refractivity contribution in [3.8, 4) is 0 Å². The molecule has 0 aliphatic carbocycles. The van der Waals surface area contributed by atoms with Gasteiger partial charge in [0.1, 0.15) is 0 Å². The average molecular weight is 332 g/mol. The van der Waals surface area contributed by atoms with Crippen LogP contribution in [0.15, 0.2) is 58.3 Å². The Morgan fingerprint density at radius 3 is 1.39 bits per heavy atom. The molecule has 128 valence electrons. The van der Waals surface area contributed by atoms with E-state index in [1.165, 1.54) is 27.6 Å². The molecule has 0 aromatic heterocycles. The number of para-hydroxylation sites is 2. The van der Waals surface area contributed by atoms with Crippen LogP contribution in [0.5, 0.6) is 0 Å². The normalized spacial score (nSPS) is 10.5. The van der Waals surface area contributed by atoms with Gasteiger partial charge < -0.3 is 4.90 Å². The number of benzene rings is 2. The van der Waals surface area contributed by atoms with Crippen molar-refractivity contribution in [1.82, 2.24) is 0 Å². The highest BCUT2D eigenvalue weighted by Gasteiger charge is 2.20. The summed E-state index contributed by atoms with van der Waals surface area (Å²) in [6.45, 7) is 15.5. The van der Waals surface area contributed by atoms with Crippen LogP contribution >= 0.6 is 11.8 Å². The number of anilines is 2. The van der Waals surface area contributed by atoms with Gasteiger partial charge in [-0.2, -0.15) is 0 Å². The molecule has 0 amide bonds. The topological polar surface area (TPSA) is 3.24 Å². The van der Waals surface area contributed by atoms with Crippen LogP contribution < -0.4 is 4.90 Å². The maximum atomic E-state index is 2.38. The number of hydrogen-bond donors (Lipinski definition) is 0. The van der Waals surface area contributed by atoms with Crippen molar-refractivity contribution >= 4 is 23.1 Å². The predicted molar refractivity (Wildman–Crippen MR) is 108 cm³/mol. The van der Waals surface area contributed by atoms with Gasteiger partial charge in [-0.3, -0.25) is 0 Å². The Morgan fingerprint density at radius 2 is 1.04 bits per heavy atom. The lowest BCUT2D eigenvalue weighted by Gasteiger charge is -2.31. The Kier molecular flexibility index (Phi) is 12.3. The molecule has 0 atom stereocenters. The van der Waals surface area contributed by atoms with Gasteiger partial charge in [-0.15, -0.1) is 0 Å². The molecule has 2 aromatic rings. The average Bonchev–Trinajstić information content (AvgIpc) is 2.63. The van der Waals surface area contributed by atoms with Crippen molar-refractivity contribution in [1.29, 1.82) is 0 Å². The highest BCUT2D eigenvalue weighted by atomic mass is 32.2. The van der Waals surface area contributed by atoms with Crippen molar-refractivity contribution in [2.45, 2.75) is 64.7 Å². The van der Waals surface area contributed by atoms with E-state index in [1.807, 2.05) is 39.5 Å². The third-order valence-corrected chi connectivity index (χ3v) is 3.98. The molecule has 2 aromatic carbocycles. The van der Waals surface area contributed by atoms with Crippen molar-refractivity contribution in [2.24, 2.45) is 0 Å². The molecule has 0 spiro atoms. The van der Waals surface area contributed by atoms with E-state index >= 15 is 0 Å². The lowest BCUT2D eigenvalue weighted by molar-refractivity contribution is 0.979. The Hall–Kier alpha value is -1.41. The molecule has 0 unspecified atom stereocenters. The minimum Gasteiger partial charge on any atom is -0.340 e. The van der Waals surface area contributed by atoms with Gasteiger partial charge in [-0.05, 0) is 31.2 Å². The molecule has 1 heterocycles. The van der Waals surface area contributed by atoms with Crippen molar-refractivity contribution in [3.05, 3.63) is 48.5 Å². The summed E-state index contributed by atoms with van der Waals surface area (Å²) in [5.74, 6) is 0. The summed E-state index contributed by atoms with van der Waals surface area (Å²) in [6, 6.07) is 17.2. The molecule has 0 N–H and O–H groups in total.